The molecule has 0 bridgehead atoms. The van der Waals surface area contributed by atoms with Gasteiger partial charge < -0.3 is 18.8 Å². The highest BCUT2D eigenvalue weighted by Crippen LogP contribution is 2.31. The second-order valence-electron chi connectivity index (χ2n) is 7.37. The van der Waals surface area contributed by atoms with E-state index in [4.69, 9.17) is 9.15 Å². The first-order chi connectivity index (χ1) is 15.1. The predicted molar refractivity (Wildman–Crippen MR) is 123 cm³/mol. The fraction of sp³-hybridized carbons (Fsp3) is 0.167. The van der Waals surface area contributed by atoms with E-state index in [-0.39, 0.29) is 11.8 Å². The summed E-state index contributed by atoms with van der Waals surface area (Å²) in [6, 6.07) is 17.4. The zero-order chi connectivity index (χ0) is 21.4. The fourth-order valence-corrected chi connectivity index (χ4v) is 4.16. The average Bonchev–Trinajstić information content (AvgIpc) is 3.29. The Morgan fingerprint density at radius 2 is 1.97 bits per heavy atom. The van der Waals surface area contributed by atoms with Crippen molar-refractivity contribution in [1.29, 1.82) is 0 Å². The van der Waals surface area contributed by atoms with Crippen LogP contribution in [0.3, 0.4) is 0 Å². The van der Waals surface area contributed by atoms with Gasteiger partial charge in [0.15, 0.2) is 5.58 Å². The minimum absolute atomic E-state index is 0.218. The third kappa shape index (κ3) is 3.88. The number of benzene rings is 2. The van der Waals surface area contributed by atoms with Gasteiger partial charge in [-0.1, -0.05) is 28.1 Å². The number of aromatic hydroxyl groups is 1. The maximum absolute atomic E-state index is 10.1. The van der Waals surface area contributed by atoms with Crippen molar-refractivity contribution in [3.8, 4) is 11.8 Å². The zero-order valence-electron chi connectivity index (χ0n) is 16.9. The number of phenols is 1. The summed E-state index contributed by atoms with van der Waals surface area (Å²) in [7, 11) is 0. The quantitative estimate of drug-likeness (QED) is 0.343. The summed E-state index contributed by atoms with van der Waals surface area (Å²) in [5.74, 6) is 0.261. The Morgan fingerprint density at radius 1 is 1.13 bits per heavy atom. The monoisotopic (exact) mass is 477 g/mol. The van der Waals surface area contributed by atoms with Gasteiger partial charge in [0.1, 0.15) is 12.4 Å². The molecule has 6 nitrogen and oxygen atoms in total. The van der Waals surface area contributed by atoms with Crippen molar-refractivity contribution in [3.63, 3.8) is 0 Å². The smallest absolute Gasteiger partial charge is 0.396 e. The van der Waals surface area contributed by atoms with E-state index in [1.54, 1.807) is 18.3 Å². The summed E-state index contributed by atoms with van der Waals surface area (Å²) < 4.78 is 14.6. The summed E-state index contributed by atoms with van der Waals surface area (Å²) in [5, 5.41) is 11.1. The Balaban J connectivity index is 1.42. The molecule has 5 rings (SSSR count). The molecule has 0 aliphatic rings. The van der Waals surface area contributed by atoms with Crippen LogP contribution in [-0.2, 0) is 13.0 Å². The predicted octanol–water partition coefficient (Wildman–Crippen LogP) is 5.62. The number of fused-ring (bicyclic) bond motifs is 2. The van der Waals surface area contributed by atoms with Gasteiger partial charge in [0.05, 0.1) is 6.54 Å². The number of ether oxygens (including phenoxy) is 1. The van der Waals surface area contributed by atoms with Crippen LogP contribution in [0.25, 0.3) is 22.1 Å². The number of phenolic OH excluding ortho intramolecular Hbond substituents is 1. The Hall–Kier alpha value is -3.32. The lowest BCUT2D eigenvalue weighted by Gasteiger charge is -2.09. The number of hydrogen-bond acceptors (Lipinski definition) is 5. The second-order valence-corrected chi connectivity index (χ2v) is 8.29. The van der Waals surface area contributed by atoms with E-state index in [9.17, 15) is 5.11 Å². The molecule has 0 fully saturated rings. The van der Waals surface area contributed by atoms with Crippen molar-refractivity contribution in [1.82, 2.24) is 14.5 Å². The number of nitrogens with zero attached hydrogens (tertiary/aromatic N) is 3. The Morgan fingerprint density at radius 3 is 2.77 bits per heavy atom. The maximum atomic E-state index is 10.1. The molecule has 0 aliphatic heterocycles. The van der Waals surface area contributed by atoms with E-state index < -0.39 is 0 Å². The van der Waals surface area contributed by atoms with E-state index in [1.807, 2.05) is 30.3 Å². The van der Waals surface area contributed by atoms with Gasteiger partial charge in [-0.15, -0.1) is 0 Å². The third-order valence-corrected chi connectivity index (χ3v) is 5.95. The molecule has 0 saturated carbocycles. The molecule has 0 amide bonds. The van der Waals surface area contributed by atoms with Crippen molar-refractivity contribution in [3.05, 3.63) is 82.1 Å². The van der Waals surface area contributed by atoms with Crippen LogP contribution >= 0.6 is 15.9 Å². The first-order valence-corrected chi connectivity index (χ1v) is 10.8. The topological polar surface area (TPSA) is 73.3 Å². The van der Waals surface area contributed by atoms with Crippen LogP contribution in [0, 0.1) is 6.92 Å². The van der Waals surface area contributed by atoms with E-state index in [2.05, 4.69) is 49.5 Å². The molecule has 31 heavy (non-hydrogen) atoms. The van der Waals surface area contributed by atoms with Crippen LogP contribution in [-0.4, -0.2) is 26.2 Å². The molecule has 3 aromatic heterocycles. The highest BCUT2D eigenvalue weighted by molar-refractivity contribution is 9.10. The van der Waals surface area contributed by atoms with Crippen LogP contribution in [0.4, 0.5) is 0 Å². The largest absolute Gasteiger partial charge is 0.508 e. The first-order valence-electron chi connectivity index (χ1n) is 9.98. The summed E-state index contributed by atoms with van der Waals surface area (Å²) in [5.41, 5.74) is 5.75. The summed E-state index contributed by atoms with van der Waals surface area (Å²) in [6.45, 7) is 3.13. The SMILES string of the molecule is Cc1c(Cc2ccc(Br)cc2)c2cc(O)ccc2n1CCOc1nc2ncccc2o1. The molecular weight excluding hydrogens is 458 g/mol. The summed E-state index contributed by atoms with van der Waals surface area (Å²) >= 11 is 3.49. The van der Waals surface area contributed by atoms with E-state index in [0.29, 0.717) is 24.4 Å². The highest BCUT2D eigenvalue weighted by Gasteiger charge is 2.16. The maximum Gasteiger partial charge on any atom is 0.396 e. The van der Waals surface area contributed by atoms with Crippen molar-refractivity contribution < 1.29 is 14.3 Å². The molecule has 2 aromatic carbocycles. The Kier molecular flexibility index (Phi) is 5.11. The van der Waals surface area contributed by atoms with Gasteiger partial charge >= 0.3 is 6.08 Å². The van der Waals surface area contributed by atoms with E-state index in [1.165, 1.54) is 11.1 Å². The first kappa shape index (κ1) is 19.6. The Bertz CT molecular complexity index is 1340. The lowest BCUT2D eigenvalue weighted by molar-refractivity contribution is 0.226. The number of halogens is 1. The van der Waals surface area contributed by atoms with Crippen LogP contribution < -0.4 is 4.74 Å². The molecule has 156 valence electrons. The van der Waals surface area contributed by atoms with Gasteiger partial charge in [0.2, 0.25) is 5.65 Å². The van der Waals surface area contributed by atoms with E-state index in [0.717, 1.165) is 27.5 Å². The van der Waals surface area contributed by atoms with Crippen molar-refractivity contribution in [2.45, 2.75) is 19.9 Å². The van der Waals surface area contributed by atoms with Gasteiger partial charge in [0.25, 0.3) is 0 Å². The van der Waals surface area contributed by atoms with E-state index >= 15 is 0 Å². The van der Waals surface area contributed by atoms with Gasteiger partial charge in [-0.05, 0) is 66.9 Å². The number of pyridine rings is 1. The van der Waals surface area contributed by atoms with Crippen molar-refractivity contribution in [2.24, 2.45) is 0 Å². The van der Waals surface area contributed by atoms with Crippen LogP contribution in [0.1, 0.15) is 16.8 Å². The minimum Gasteiger partial charge on any atom is -0.508 e. The molecule has 1 N–H and O–H groups in total. The lowest BCUT2D eigenvalue weighted by atomic mass is 10.0. The molecule has 0 atom stereocenters. The lowest BCUT2D eigenvalue weighted by Crippen LogP contribution is -2.10. The minimum atomic E-state index is 0.218. The fourth-order valence-electron chi connectivity index (χ4n) is 3.89. The Labute approximate surface area is 187 Å². The average molecular weight is 478 g/mol. The molecule has 0 spiro atoms. The molecule has 0 radical (unpaired) electrons. The molecule has 0 saturated heterocycles. The van der Waals surface area contributed by atoms with Gasteiger partial charge in [0, 0.05) is 27.3 Å². The third-order valence-electron chi connectivity index (χ3n) is 5.42. The molecule has 0 aliphatic carbocycles. The molecule has 5 aromatic rings. The van der Waals surface area contributed by atoms with Gasteiger partial charge in [-0.25, -0.2) is 4.98 Å². The molecular formula is C24H20BrN3O3. The number of hydrogen-bond donors (Lipinski definition) is 1. The zero-order valence-corrected chi connectivity index (χ0v) is 18.5. The van der Waals surface area contributed by atoms with Gasteiger partial charge in [-0.2, -0.15) is 4.98 Å². The second kappa shape index (κ2) is 8.07. The standard InChI is InChI=1S/C24H20BrN3O3/c1-15-19(13-16-4-6-17(25)7-5-16)20-14-18(29)8-9-21(20)28(15)11-12-30-24-27-23-22(31-24)3-2-10-26-23/h2-10,14,29H,11-13H2,1H3. The van der Waals surface area contributed by atoms with Crippen molar-refractivity contribution >= 4 is 38.1 Å². The summed E-state index contributed by atoms with van der Waals surface area (Å²) in [6.07, 6.45) is 2.67. The number of aromatic nitrogens is 3. The molecule has 3 heterocycles. The highest BCUT2D eigenvalue weighted by atomic mass is 79.9. The number of oxazole rings is 1. The molecule has 0 unspecified atom stereocenters. The number of rotatable bonds is 6. The normalized spacial score (nSPS) is 11.4. The van der Waals surface area contributed by atoms with Gasteiger partial charge in [-0.3, -0.25) is 0 Å². The van der Waals surface area contributed by atoms with Crippen molar-refractivity contribution in [2.75, 3.05) is 6.61 Å². The van der Waals surface area contributed by atoms with Crippen LogP contribution in [0.2, 0.25) is 0 Å². The van der Waals surface area contributed by atoms with Crippen LogP contribution in [0.15, 0.2) is 69.7 Å². The molecule has 7 heteroatoms. The summed E-state index contributed by atoms with van der Waals surface area (Å²) in [4.78, 5) is 8.43. The van der Waals surface area contributed by atoms with Crippen LogP contribution in [0.5, 0.6) is 11.8 Å².